The molecule has 0 spiro atoms. The van der Waals surface area contributed by atoms with Crippen LogP contribution in [-0.4, -0.2) is 34.0 Å². The lowest BCUT2D eigenvalue weighted by molar-refractivity contribution is -0.255. The highest BCUT2D eigenvalue weighted by atomic mass is 16.4. The van der Waals surface area contributed by atoms with Crippen LogP contribution in [0.25, 0.3) is 0 Å². The maximum absolute atomic E-state index is 12.8. The maximum Gasteiger partial charge on any atom is 0.309 e. The summed E-state index contributed by atoms with van der Waals surface area (Å²) in [6, 6.07) is 0. The topological polar surface area (TPSA) is 77.8 Å². The minimum Gasteiger partial charge on any atom is -0.481 e. The summed E-state index contributed by atoms with van der Waals surface area (Å²) in [5.41, 5.74) is -0.434. The van der Waals surface area contributed by atoms with Gasteiger partial charge in [0.05, 0.1) is 18.1 Å². The van der Waals surface area contributed by atoms with Gasteiger partial charge < -0.3 is 15.3 Å². The monoisotopic (exact) mass is 474 g/mol. The SMILES string of the molecule is CC(C)C1CCC2(C(=O)O)CCC3(C)C(CCC4C5(C)CCC(O)C(C)(CO)C5CCC43C)C12. The molecule has 4 nitrogen and oxygen atoms in total. The highest BCUT2D eigenvalue weighted by Crippen LogP contribution is 2.77. The number of aliphatic hydroxyl groups excluding tert-OH is 2. The summed E-state index contributed by atoms with van der Waals surface area (Å²) in [7, 11) is 0. The quantitative estimate of drug-likeness (QED) is 0.459. The molecule has 0 bridgehead atoms. The number of aliphatic hydroxyl groups is 2. The van der Waals surface area contributed by atoms with Crippen molar-refractivity contribution in [2.24, 2.45) is 62.6 Å². The average molecular weight is 475 g/mol. The molecule has 0 aromatic rings. The van der Waals surface area contributed by atoms with Crippen molar-refractivity contribution in [1.82, 2.24) is 0 Å². The fourth-order valence-corrected chi connectivity index (χ4v) is 11.8. The van der Waals surface area contributed by atoms with Gasteiger partial charge in [-0.15, -0.1) is 0 Å². The number of carbonyl (C=O) groups is 1. The number of rotatable bonds is 3. The summed E-state index contributed by atoms with van der Waals surface area (Å²) in [6.07, 6.45) is 9.81. The Kier molecular flexibility index (Phi) is 5.67. The van der Waals surface area contributed by atoms with Crippen molar-refractivity contribution in [3.05, 3.63) is 0 Å². The second kappa shape index (κ2) is 7.70. The fraction of sp³-hybridized carbons (Fsp3) is 0.967. The van der Waals surface area contributed by atoms with Gasteiger partial charge >= 0.3 is 5.97 Å². The largest absolute Gasteiger partial charge is 0.481 e. The third-order valence-corrected chi connectivity index (χ3v) is 13.9. The molecule has 0 radical (unpaired) electrons. The molecule has 0 aliphatic heterocycles. The zero-order chi connectivity index (χ0) is 24.9. The Morgan fingerprint density at radius 2 is 1.56 bits per heavy atom. The lowest BCUT2D eigenvalue weighted by Gasteiger charge is -2.72. The van der Waals surface area contributed by atoms with Crippen LogP contribution in [0.2, 0.25) is 0 Å². The molecule has 0 heterocycles. The van der Waals surface area contributed by atoms with Gasteiger partial charge in [-0.1, -0.05) is 41.5 Å². The molecule has 11 unspecified atom stereocenters. The van der Waals surface area contributed by atoms with Crippen LogP contribution in [0, 0.1) is 62.6 Å². The maximum atomic E-state index is 12.8. The summed E-state index contributed by atoms with van der Waals surface area (Å²) in [5, 5.41) is 31.9. The van der Waals surface area contributed by atoms with Gasteiger partial charge in [0.15, 0.2) is 0 Å². The third-order valence-electron chi connectivity index (χ3n) is 13.9. The van der Waals surface area contributed by atoms with Gasteiger partial charge in [0, 0.05) is 5.41 Å². The molecule has 0 aromatic carbocycles. The Morgan fingerprint density at radius 3 is 2.18 bits per heavy atom. The number of carboxylic acids is 1. The van der Waals surface area contributed by atoms with Crippen molar-refractivity contribution >= 4 is 5.97 Å². The van der Waals surface area contributed by atoms with E-state index in [0.29, 0.717) is 35.5 Å². The standard InChI is InChI=1S/C30H50O4/c1-18(2)19-9-14-30(25(33)34)16-15-28(5)20(24(19)30)7-8-22-26(3)12-11-23(32)27(4,17-31)21(26)10-13-29(22,28)6/h18-24,31-32H,7-17H2,1-6H3,(H,33,34). The smallest absolute Gasteiger partial charge is 0.309 e. The summed E-state index contributed by atoms with van der Waals surface area (Å²) >= 11 is 0. The molecule has 194 valence electrons. The van der Waals surface area contributed by atoms with Crippen molar-refractivity contribution in [2.75, 3.05) is 6.61 Å². The van der Waals surface area contributed by atoms with Gasteiger partial charge in [0.25, 0.3) is 0 Å². The number of aliphatic carboxylic acids is 1. The second-order valence-electron chi connectivity index (χ2n) is 14.8. The van der Waals surface area contributed by atoms with Gasteiger partial charge in [-0.05, 0) is 116 Å². The van der Waals surface area contributed by atoms with E-state index < -0.39 is 22.9 Å². The minimum absolute atomic E-state index is 0.0665. The lowest BCUT2D eigenvalue weighted by atomic mass is 9.32. The van der Waals surface area contributed by atoms with Crippen LogP contribution >= 0.6 is 0 Å². The molecule has 0 saturated heterocycles. The van der Waals surface area contributed by atoms with Gasteiger partial charge in [0.2, 0.25) is 0 Å². The zero-order valence-corrected chi connectivity index (χ0v) is 22.6. The van der Waals surface area contributed by atoms with Crippen LogP contribution in [0.15, 0.2) is 0 Å². The molecular formula is C30H50O4. The number of hydrogen-bond donors (Lipinski definition) is 3. The Hall–Kier alpha value is -0.610. The van der Waals surface area contributed by atoms with Crippen LogP contribution in [0.4, 0.5) is 0 Å². The molecule has 5 saturated carbocycles. The van der Waals surface area contributed by atoms with E-state index in [4.69, 9.17) is 0 Å². The Labute approximate surface area is 207 Å². The first-order valence-electron chi connectivity index (χ1n) is 14.3. The lowest BCUT2D eigenvalue weighted by Crippen LogP contribution is -2.67. The molecular weight excluding hydrogens is 424 g/mol. The normalized spacial score (nSPS) is 56.9. The zero-order valence-electron chi connectivity index (χ0n) is 22.6. The predicted octanol–water partition coefficient (Wildman–Crippen LogP) is 6.14. The summed E-state index contributed by atoms with van der Waals surface area (Å²) < 4.78 is 0. The molecule has 11 atom stereocenters. The molecule has 34 heavy (non-hydrogen) atoms. The van der Waals surface area contributed by atoms with E-state index in [0.717, 1.165) is 57.8 Å². The Morgan fingerprint density at radius 1 is 0.853 bits per heavy atom. The highest BCUT2D eigenvalue weighted by molar-refractivity contribution is 5.76. The fourth-order valence-electron chi connectivity index (χ4n) is 11.8. The van der Waals surface area contributed by atoms with Gasteiger partial charge in [-0.25, -0.2) is 0 Å². The first kappa shape index (κ1) is 25.1. The van der Waals surface area contributed by atoms with Gasteiger partial charge in [0.1, 0.15) is 0 Å². The summed E-state index contributed by atoms with van der Waals surface area (Å²) in [5.74, 6) is 2.27. The van der Waals surface area contributed by atoms with Crippen molar-refractivity contribution in [3.63, 3.8) is 0 Å². The molecule has 5 aliphatic carbocycles. The summed E-state index contributed by atoms with van der Waals surface area (Å²) in [4.78, 5) is 12.8. The highest BCUT2D eigenvalue weighted by Gasteiger charge is 2.72. The molecule has 0 aromatic heterocycles. The van der Waals surface area contributed by atoms with Crippen molar-refractivity contribution < 1.29 is 20.1 Å². The Bertz CT molecular complexity index is 840. The van der Waals surface area contributed by atoms with E-state index in [1.165, 1.54) is 6.42 Å². The van der Waals surface area contributed by atoms with Crippen LogP contribution in [-0.2, 0) is 4.79 Å². The van der Waals surface area contributed by atoms with Crippen molar-refractivity contribution in [1.29, 1.82) is 0 Å². The molecule has 5 aliphatic rings. The van der Waals surface area contributed by atoms with Crippen LogP contribution in [0.5, 0.6) is 0 Å². The van der Waals surface area contributed by atoms with E-state index in [1.807, 2.05) is 0 Å². The van der Waals surface area contributed by atoms with E-state index in [1.54, 1.807) is 0 Å². The van der Waals surface area contributed by atoms with Crippen molar-refractivity contribution in [2.45, 2.75) is 112 Å². The van der Waals surface area contributed by atoms with Crippen LogP contribution in [0.3, 0.4) is 0 Å². The van der Waals surface area contributed by atoms with Gasteiger partial charge in [-0.3, -0.25) is 4.79 Å². The second-order valence-corrected chi connectivity index (χ2v) is 14.8. The summed E-state index contributed by atoms with van der Waals surface area (Å²) in [6.45, 7) is 14.4. The minimum atomic E-state index is -0.523. The molecule has 5 rings (SSSR count). The van der Waals surface area contributed by atoms with Crippen LogP contribution in [0.1, 0.15) is 106 Å². The number of carboxylic acid groups (broad SMARTS) is 1. The number of hydrogen-bond acceptors (Lipinski definition) is 3. The van der Waals surface area contributed by atoms with E-state index in [2.05, 4.69) is 41.5 Å². The molecule has 0 amide bonds. The molecule has 4 heteroatoms. The van der Waals surface area contributed by atoms with E-state index >= 15 is 0 Å². The average Bonchev–Trinajstić information content (AvgIpc) is 3.18. The third kappa shape index (κ3) is 2.82. The van der Waals surface area contributed by atoms with E-state index in [9.17, 15) is 20.1 Å². The molecule has 5 fully saturated rings. The van der Waals surface area contributed by atoms with Crippen molar-refractivity contribution in [3.8, 4) is 0 Å². The van der Waals surface area contributed by atoms with E-state index in [-0.39, 0.29) is 22.9 Å². The van der Waals surface area contributed by atoms with Gasteiger partial charge in [-0.2, -0.15) is 0 Å². The Balaban J connectivity index is 1.56. The van der Waals surface area contributed by atoms with Crippen LogP contribution < -0.4 is 0 Å². The number of fused-ring (bicyclic) bond motifs is 7. The predicted molar refractivity (Wildman–Crippen MR) is 134 cm³/mol. The first-order valence-corrected chi connectivity index (χ1v) is 14.3. The molecule has 3 N–H and O–H groups in total. The first-order chi connectivity index (χ1) is 15.8.